The molecule has 15 atom stereocenters. The molecule has 0 aliphatic carbocycles. The lowest BCUT2D eigenvalue weighted by molar-refractivity contribution is -0.339. The van der Waals surface area contributed by atoms with E-state index >= 15 is 0 Å². The highest BCUT2D eigenvalue weighted by atomic mass is 16.8. The average Bonchev–Trinajstić information content (AvgIpc) is 3.18. The highest BCUT2D eigenvalue weighted by Gasteiger charge is 2.49. The van der Waals surface area contributed by atoms with Crippen molar-refractivity contribution in [1.82, 2.24) is 0 Å². The molecule has 310 valence electrons. The number of carbonyl (C=O) groups excluding carboxylic acids is 3. The van der Waals surface area contributed by atoms with E-state index < -0.39 is 136 Å². The van der Waals surface area contributed by atoms with Gasteiger partial charge in [0.15, 0.2) is 12.6 Å². The minimum absolute atomic E-state index is 0.00112. The van der Waals surface area contributed by atoms with Crippen LogP contribution in [0.25, 0.3) is 0 Å². The lowest BCUT2D eigenvalue weighted by atomic mass is 9.81. The molecule has 15 unspecified atom stereocenters. The van der Waals surface area contributed by atoms with Crippen LogP contribution in [0.4, 0.5) is 0 Å². The van der Waals surface area contributed by atoms with Gasteiger partial charge in [-0.25, -0.2) is 9.59 Å². The Labute approximate surface area is 314 Å². The summed E-state index contributed by atoms with van der Waals surface area (Å²) in [4.78, 5) is 38.8. The minimum Gasteiger partial charge on any atom is -0.471 e. The quantitative estimate of drug-likeness (QED) is 0.0431. The van der Waals surface area contributed by atoms with Crippen LogP contribution in [-0.4, -0.2) is 179 Å². The predicted octanol–water partition coefficient (Wildman–Crippen LogP) is -4.28. The second kappa shape index (κ2) is 20.0. The van der Waals surface area contributed by atoms with Gasteiger partial charge in [0.25, 0.3) is 0 Å². The van der Waals surface area contributed by atoms with E-state index in [-0.39, 0.29) is 29.7 Å². The van der Waals surface area contributed by atoms with Crippen molar-refractivity contribution in [3.8, 4) is 0 Å². The number of hydrogen-bond acceptors (Lipinski definition) is 21. The van der Waals surface area contributed by atoms with Crippen LogP contribution in [0.15, 0.2) is 48.0 Å². The van der Waals surface area contributed by atoms with Crippen LogP contribution in [0, 0.1) is 17.8 Å². The van der Waals surface area contributed by atoms with E-state index in [0.717, 1.165) is 26.7 Å². The maximum atomic E-state index is 13.4. The molecule has 0 aromatic rings. The Balaban J connectivity index is 1.49. The van der Waals surface area contributed by atoms with Crippen molar-refractivity contribution >= 4 is 17.9 Å². The van der Waals surface area contributed by atoms with Gasteiger partial charge in [-0.2, -0.15) is 0 Å². The fraction of sp³-hybridized carbons (Fsp3) is 0.676. The molecule has 9 N–H and O–H groups in total. The third-order valence-electron chi connectivity index (χ3n) is 9.60. The van der Waals surface area contributed by atoms with Crippen LogP contribution in [0.1, 0.15) is 12.8 Å². The number of ether oxygens (including phenoxy) is 9. The second-order valence-electron chi connectivity index (χ2n) is 12.8. The zero-order valence-electron chi connectivity index (χ0n) is 29.8. The van der Waals surface area contributed by atoms with E-state index in [1.807, 2.05) is 0 Å². The van der Waals surface area contributed by atoms with E-state index in [1.165, 1.54) is 12.2 Å². The molecular weight excluding hydrogens is 744 g/mol. The smallest absolute Gasteiger partial charge is 0.337 e. The highest BCUT2D eigenvalue weighted by Crippen LogP contribution is 2.39. The first-order valence-corrected chi connectivity index (χ1v) is 17.1. The molecule has 0 bridgehead atoms. The summed E-state index contributed by atoms with van der Waals surface area (Å²) < 4.78 is 48.7. The Kier molecular flexibility index (Phi) is 16.1. The third kappa shape index (κ3) is 9.89. The van der Waals surface area contributed by atoms with Gasteiger partial charge in [0.2, 0.25) is 12.6 Å². The van der Waals surface area contributed by atoms with Crippen LogP contribution < -0.4 is 0 Å². The van der Waals surface area contributed by atoms with Crippen molar-refractivity contribution in [3.63, 3.8) is 0 Å². The highest BCUT2D eigenvalue weighted by molar-refractivity contribution is 5.91. The summed E-state index contributed by atoms with van der Waals surface area (Å²) >= 11 is 0. The summed E-state index contributed by atoms with van der Waals surface area (Å²) in [5.74, 6) is -5.56. The molecule has 0 aromatic carbocycles. The van der Waals surface area contributed by atoms with Gasteiger partial charge in [-0.15, -0.1) is 6.58 Å². The molecule has 0 radical (unpaired) electrons. The van der Waals surface area contributed by atoms with E-state index in [4.69, 9.17) is 42.6 Å². The maximum Gasteiger partial charge on any atom is 0.337 e. The molecule has 0 saturated carbocycles. The van der Waals surface area contributed by atoms with Crippen molar-refractivity contribution in [2.45, 2.75) is 86.8 Å². The molecule has 2 fully saturated rings. The van der Waals surface area contributed by atoms with Crippen LogP contribution >= 0.6 is 0 Å². The van der Waals surface area contributed by atoms with Crippen molar-refractivity contribution < 1.29 is 103 Å². The van der Waals surface area contributed by atoms with Crippen LogP contribution in [0.3, 0.4) is 0 Å². The van der Waals surface area contributed by atoms with Gasteiger partial charge in [0.1, 0.15) is 48.8 Å². The zero-order valence-corrected chi connectivity index (χ0v) is 29.8. The van der Waals surface area contributed by atoms with Crippen LogP contribution in [0.2, 0.25) is 0 Å². The Morgan fingerprint density at radius 1 is 0.745 bits per heavy atom. The van der Waals surface area contributed by atoms with Gasteiger partial charge >= 0.3 is 17.9 Å². The number of aliphatic hydroxyl groups excluding tert-OH is 9. The molecule has 0 spiro atoms. The Morgan fingerprint density at radius 3 is 1.82 bits per heavy atom. The molecule has 55 heavy (non-hydrogen) atoms. The first-order valence-electron chi connectivity index (χ1n) is 17.1. The zero-order chi connectivity index (χ0) is 40.6. The molecule has 21 nitrogen and oxygen atoms in total. The number of methoxy groups -OCH3 is 2. The van der Waals surface area contributed by atoms with E-state index in [2.05, 4.69) is 6.58 Å². The minimum atomic E-state index is -1.83. The standard InChI is InChI=1S/C34H48O21/c1-4-14-15(18(29(45)47-2)12-50-31(14)54-33-27(43)25(41)23(39)20(10-36)52-33)6-8-49-22(38)9-17-16(5-7-35)32(51-13-19(17)30(46)48-3)55-34-28(44)26(42)24(40)21(11-37)53-34/h4-5,12-15,17,20-21,23-28,31-37,39-44H,1,6-11H2,2-3H3. The van der Waals surface area contributed by atoms with E-state index in [0.29, 0.717) is 0 Å². The van der Waals surface area contributed by atoms with E-state index in [1.54, 1.807) is 0 Å². The number of aliphatic hydroxyl groups is 9. The topological polar surface area (TPSA) is 316 Å². The number of rotatable bonds is 15. The third-order valence-corrected chi connectivity index (χ3v) is 9.60. The van der Waals surface area contributed by atoms with Gasteiger partial charge < -0.3 is 88.6 Å². The first kappa shape index (κ1) is 44.2. The summed E-state index contributed by atoms with van der Waals surface area (Å²) in [6.07, 6.45) is -15.3. The molecule has 21 heteroatoms. The van der Waals surface area contributed by atoms with Gasteiger partial charge in [0, 0.05) is 23.3 Å². The van der Waals surface area contributed by atoms with Gasteiger partial charge in [-0.1, -0.05) is 12.2 Å². The fourth-order valence-corrected chi connectivity index (χ4v) is 6.55. The molecular formula is C34H48O21. The summed E-state index contributed by atoms with van der Waals surface area (Å²) in [5, 5.41) is 90.5. The average molecular weight is 793 g/mol. The van der Waals surface area contributed by atoms with E-state index in [9.17, 15) is 60.3 Å². The van der Waals surface area contributed by atoms with Crippen LogP contribution in [-0.2, 0) is 57.0 Å². The summed E-state index contributed by atoms with van der Waals surface area (Å²) in [5.41, 5.74) is -0.202. The van der Waals surface area contributed by atoms with Crippen molar-refractivity contribution in [2.75, 3.05) is 40.6 Å². The molecule has 4 aliphatic rings. The summed E-state index contributed by atoms with van der Waals surface area (Å²) in [6.45, 7) is 1.33. The summed E-state index contributed by atoms with van der Waals surface area (Å²) in [6, 6.07) is 0. The fourth-order valence-electron chi connectivity index (χ4n) is 6.55. The normalized spacial score (nSPS) is 38.5. The Bertz CT molecular complexity index is 1430. The van der Waals surface area contributed by atoms with Gasteiger partial charge in [-0.05, 0) is 6.42 Å². The number of hydrogen-bond donors (Lipinski definition) is 9. The summed E-state index contributed by atoms with van der Waals surface area (Å²) in [7, 11) is 2.21. The Morgan fingerprint density at radius 2 is 1.29 bits per heavy atom. The van der Waals surface area contributed by atoms with Gasteiger partial charge in [0.05, 0.1) is 70.7 Å². The lowest BCUT2D eigenvalue weighted by Gasteiger charge is -2.43. The number of carbonyl (C=O) groups is 3. The molecule has 4 rings (SSSR count). The molecule has 4 heterocycles. The SMILES string of the molecule is C=CC1C(OC2OC(CO)C(O)C(O)C2O)OC=C(C(=O)OC)C1CCOC(=O)CC1C(C(=O)OC)=COC(OC2OC(CO)C(O)C(O)C2O)C1=CCO. The molecule has 4 aliphatic heterocycles. The molecule has 0 aromatic heterocycles. The monoisotopic (exact) mass is 792 g/mol. The van der Waals surface area contributed by atoms with Crippen LogP contribution in [0.5, 0.6) is 0 Å². The second-order valence-corrected chi connectivity index (χ2v) is 12.8. The predicted molar refractivity (Wildman–Crippen MR) is 176 cm³/mol. The van der Waals surface area contributed by atoms with Crippen molar-refractivity contribution in [3.05, 3.63) is 48.0 Å². The Hall–Kier alpha value is -3.55. The first-order chi connectivity index (χ1) is 26.3. The number of esters is 3. The van der Waals surface area contributed by atoms with Gasteiger partial charge in [-0.3, -0.25) is 4.79 Å². The van der Waals surface area contributed by atoms with Crippen molar-refractivity contribution in [2.24, 2.45) is 17.8 Å². The lowest BCUT2D eigenvalue weighted by Crippen LogP contribution is -2.60. The molecule has 0 amide bonds. The molecule has 2 saturated heterocycles. The van der Waals surface area contributed by atoms with Crippen molar-refractivity contribution in [1.29, 1.82) is 0 Å². The maximum absolute atomic E-state index is 13.4. The largest absolute Gasteiger partial charge is 0.471 e.